The van der Waals surface area contributed by atoms with E-state index in [9.17, 15) is 9.59 Å². The van der Waals surface area contributed by atoms with Gasteiger partial charge in [-0.05, 0) is 31.9 Å². The number of aliphatic carboxylic acids is 1. The Morgan fingerprint density at radius 3 is 2.77 bits per heavy atom. The van der Waals surface area contributed by atoms with E-state index in [0.29, 0.717) is 10.1 Å². The molecule has 0 bridgehead atoms. The lowest BCUT2D eigenvalue weighted by Gasteiger charge is -2.25. The third kappa shape index (κ3) is 2.86. The maximum atomic E-state index is 12.5. The Morgan fingerprint density at radius 1 is 1.50 bits per heavy atom. The summed E-state index contributed by atoms with van der Waals surface area (Å²) >= 11 is 7.19. The standard InChI is InChI=1S/C14H13ClN2O4S/c1-7(14(19)20)17(8-2-3-8)13(18)9-6-10(21-16-9)11-4-5-12(15)22-11/h4-8H,2-3H2,1H3,(H,19,20). The molecule has 2 aromatic heterocycles. The van der Waals surface area contributed by atoms with Crippen molar-refractivity contribution in [3.63, 3.8) is 0 Å². The minimum Gasteiger partial charge on any atom is -0.480 e. The fraction of sp³-hybridized carbons (Fsp3) is 0.357. The molecule has 1 aliphatic carbocycles. The number of aromatic nitrogens is 1. The molecule has 0 radical (unpaired) electrons. The molecule has 1 fully saturated rings. The van der Waals surface area contributed by atoms with Crippen LogP contribution in [0.15, 0.2) is 22.7 Å². The number of nitrogens with zero attached hydrogens (tertiary/aromatic N) is 2. The molecule has 2 aromatic rings. The molecule has 0 aromatic carbocycles. The molecule has 1 unspecified atom stereocenters. The van der Waals surface area contributed by atoms with E-state index in [0.717, 1.165) is 17.7 Å². The Kier molecular flexibility index (Phi) is 3.92. The number of carbonyl (C=O) groups is 2. The highest BCUT2D eigenvalue weighted by atomic mass is 35.5. The first-order valence-electron chi connectivity index (χ1n) is 6.75. The predicted octanol–water partition coefficient (Wildman–Crippen LogP) is 3.13. The van der Waals surface area contributed by atoms with E-state index in [4.69, 9.17) is 21.2 Å². The van der Waals surface area contributed by atoms with Gasteiger partial charge in [-0.2, -0.15) is 0 Å². The largest absolute Gasteiger partial charge is 0.480 e. The van der Waals surface area contributed by atoms with Crippen molar-refractivity contribution in [3.05, 3.63) is 28.2 Å². The highest BCUT2D eigenvalue weighted by Gasteiger charge is 2.39. The van der Waals surface area contributed by atoms with E-state index in [-0.39, 0.29) is 11.7 Å². The van der Waals surface area contributed by atoms with Gasteiger partial charge in [0.25, 0.3) is 5.91 Å². The lowest BCUT2D eigenvalue weighted by atomic mass is 10.2. The topological polar surface area (TPSA) is 83.6 Å². The molecule has 22 heavy (non-hydrogen) atoms. The monoisotopic (exact) mass is 340 g/mol. The smallest absolute Gasteiger partial charge is 0.326 e. The molecule has 0 aliphatic heterocycles. The van der Waals surface area contributed by atoms with Gasteiger partial charge in [0, 0.05) is 12.1 Å². The van der Waals surface area contributed by atoms with E-state index in [2.05, 4.69) is 5.16 Å². The van der Waals surface area contributed by atoms with Crippen LogP contribution in [0.1, 0.15) is 30.3 Å². The van der Waals surface area contributed by atoms with Crippen molar-refractivity contribution in [2.45, 2.75) is 31.8 Å². The van der Waals surface area contributed by atoms with E-state index >= 15 is 0 Å². The van der Waals surface area contributed by atoms with Crippen LogP contribution in [0, 0.1) is 0 Å². The second kappa shape index (κ2) is 5.73. The second-order valence-corrected chi connectivity index (χ2v) is 6.85. The van der Waals surface area contributed by atoms with Gasteiger partial charge in [0.15, 0.2) is 11.5 Å². The molecular formula is C14H13ClN2O4S. The molecule has 1 saturated carbocycles. The van der Waals surface area contributed by atoms with Crippen LogP contribution in [0.25, 0.3) is 10.6 Å². The molecule has 0 spiro atoms. The Morgan fingerprint density at radius 2 is 2.23 bits per heavy atom. The summed E-state index contributed by atoms with van der Waals surface area (Å²) in [7, 11) is 0. The summed E-state index contributed by atoms with van der Waals surface area (Å²) in [5, 5.41) is 12.9. The van der Waals surface area contributed by atoms with Gasteiger partial charge in [-0.15, -0.1) is 11.3 Å². The Bertz CT molecular complexity index is 722. The number of amides is 1. The first-order valence-corrected chi connectivity index (χ1v) is 7.94. The first kappa shape index (κ1) is 15.1. The van der Waals surface area contributed by atoms with Crippen molar-refractivity contribution >= 4 is 34.8 Å². The van der Waals surface area contributed by atoms with Crippen molar-refractivity contribution in [2.24, 2.45) is 0 Å². The lowest BCUT2D eigenvalue weighted by Crippen LogP contribution is -2.44. The zero-order chi connectivity index (χ0) is 15.9. The molecule has 1 amide bonds. The fourth-order valence-electron chi connectivity index (χ4n) is 2.20. The quantitative estimate of drug-likeness (QED) is 0.904. The Hall–Kier alpha value is -1.86. The third-order valence-electron chi connectivity index (χ3n) is 3.49. The number of hydrogen-bond acceptors (Lipinski definition) is 5. The molecule has 8 heteroatoms. The molecule has 3 rings (SSSR count). The van der Waals surface area contributed by atoms with Gasteiger partial charge in [0.1, 0.15) is 6.04 Å². The van der Waals surface area contributed by atoms with Crippen LogP contribution in [-0.4, -0.2) is 39.1 Å². The first-order chi connectivity index (χ1) is 10.5. The van der Waals surface area contributed by atoms with Crippen LogP contribution >= 0.6 is 22.9 Å². The van der Waals surface area contributed by atoms with Gasteiger partial charge in [0.2, 0.25) is 0 Å². The normalized spacial score (nSPS) is 15.5. The average Bonchev–Trinajstić information content (AvgIpc) is 3.01. The number of halogens is 1. The number of carboxylic acids is 1. The molecule has 1 aliphatic rings. The zero-order valence-corrected chi connectivity index (χ0v) is 13.2. The van der Waals surface area contributed by atoms with E-state index < -0.39 is 17.9 Å². The summed E-state index contributed by atoms with van der Waals surface area (Å²) in [6.07, 6.45) is 1.63. The van der Waals surface area contributed by atoms with Crippen molar-refractivity contribution < 1.29 is 19.2 Å². The number of hydrogen-bond donors (Lipinski definition) is 1. The highest BCUT2D eigenvalue weighted by molar-refractivity contribution is 7.19. The van der Waals surface area contributed by atoms with Gasteiger partial charge in [-0.1, -0.05) is 16.8 Å². The summed E-state index contributed by atoms with van der Waals surface area (Å²) in [6.45, 7) is 1.50. The predicted molar refractivity (Wildman–Crippen MR) is 81.1 cm³/mol. The van der Waals surface area contributed by atoms with Gasteiger partial charge < -0.3 is 14.5 Å². The summed E-state index contributed by atoms with van der Waals surface area (Å²) in [5.41, 5.74) is 0.111. The Labute approximate surface area is 135 Å². The SMILES string of the molecule is CC(C(=O)O)N(C(=O)c1cc(-c2ccc(Cl)s2)on1)C1CC1. The van der Waals surface area contributed by atoms with E-state index in [1.54, 1.807) is 12.1 Å². The number of carboxylic acid groups (broad SMARTS) is 1. The zero-order valence-electron chi connectivity index (χ0n) is 11.7. The van der Waals surface area contributed by atoms with Crippen LogP contribution in [0.3, 0.4) is 0 Å². The number of thiophene rings is 1. The van der Waals surface area contributed by atoms with Gasteiger partial charge in [-0.3, -0.25) is 4.79 Å². The summed E-state index contributed by atoms with van der Waals surface area (Å²) < 4.78 is 5.79. The van der Waals surface area contributed by atoms with E-state index in [1.165, 1.54) is 29.2 Å². The molecule has 116 valence electrons. The van der Waals surface area contributed by atoms with Crippen LogP contribution in [0.4, 0.5) is 0 Å². The van der Waals surface area contributed by atoms with Gasteiger partial charge in [0.05, 0.1) is 9.21 Å². The molecule has 1 atom stereocenters. The van der Waals surface area contributed by atoms with Crippen molar-refractivity contribution in [2.75, 3.05) is 0 Å². The Balaban J connectivity index is 1.85. The molecule has 0 saturated heterocycles. The lowest BCUT2D eigenvalue weighted by molar-refractivity contribution is -0.141. The van der Waals surface area contributed by atoms with Gasteiger partial charge in [-0.25, -0.2) is 4.79 Å². The average molecular weight is 341 g/mol. The van der Waals surface area contributed by atoms with Crippen molar-refractivity contribution in [1.29, 1.82) is 0 Å². The van der Waals surface area contributed by atoms with E-state index in [1.807, 2.05) is 0 Å². The molecule has 2 heterocycles. The van der Waals surface area contributed by atoms with Gasteiger partial charge >= 0.3 is 5.97 Å². The molecule has 1 N–H and O–H groups in total. The van der Waals surface area contributed by atoms with Crippen LogP contribution < -0.4 is 0 Å². The number of rotatable bonds is 5. The van der Waals surface area contributed by atoms with Crippen LogP contribution in [0.5, 0.6) is 0 Å². The van der Waals surface area contributed by atoms with Crippen LogP contribution in [0.2, 0.25) is 4.34 Å². The minimum atomic E-state index is -1.03. The van der Waals surface area contributed by atoms with Crippen molar-refractivity contribution in [1.82, 2.24) is 10.1 Å². The maximum absolute atomic E-state index is 12.5. The van der Waals surface area contributed by atoms with Crippen molar-refractivity contribution in [3.8, 4) is 10.6 Å². The molecule has 6 nitrogen and oxygen atoms in total. The second-order valence-electron chi connectivity index (χ2n) is 5.14. The minimum absolute atomic E-state index is 0.0325. The summed E-state index contributed by atoms with van der Waals surface area (Å²) in [6, 6.07) is 4.11. The number of carbonyl (C=O) groups excluding carboxylic acids is 1. The highest BCUT2D eigenvalue weighted by Crippen LogP contribution is 2.33. The third-order valence-corrected chi connectivity index (χ3v) is 4.74. The molecular weight excluding hydrogens is 328 g/mol. The summed E-state index contributed by atoms with van der Waals surface area (Å²) in [4.78, 5) is 25.9. The van der Waals surface area contributed by atoms with Crippen LogP contribution in [-0.2, 0) is 4.79 Å². The maximum Gasteiger partial charge on any atom is 0.326 e. The fourth-order valence-corrected chi connectivity index (χ4v) is 3.19. The summed E-state index contributed by atoms with van der Waals surface area (Å²) in [5.74, 6) is -1.01.